The van der Waals surface area contributed by atoms with Gasteiger partial charge in [-0.05, 0) is 32.4 Å². The van der Waals surface area contributed by atoms with Crippen molar-refractivity contribution in [2.45, 2.75) is 51.0 Å². The van der Waals surface area contributed by atoms with Gasteiger partial charge in [0.15, 0.2) is 5.82 Å². The first-order valence-electron chi connectivity index (χ1n) is 10.4. The molecule has 0 radical (unpaired) electrons. The largest absolute Gasteiger partial charge is 0.370 e. The summed E-state index contributed by atoms with van der Waals surface area (Å²) in [5, 5.41) is 3.81. The van der Waals surface area contributed by atoms with Crippen molar-refractivity contribution in [1.82, 2.24) is 15.3 Å². The topological polar surface area (TPSA) is 64.1 Å². The van der Waals surface area contributed by atoms with Crippen LogP contribution in [0.1, 0.15) is 36.2 Å². The van der Waals surface area contributed by atoms with Crippen LogP contribution in [0.5, 0.6) is 0 Å². The van der Waals surface area contributed by atoms with E-state index in [9.17, 15) is 4.79 Å². The highest BCUT2D eigenvalue weighted by Crippen LogP contribution is 2.34. The third-order valence-corrected chi connectivity index (χ3v) is 6.22. The van der Waals surface area contributed by atoms with Crippen molar-refractivity contribution in [3.63, 3.8) is 0 Å². The van der Waals surface area contributed by atoms with Crippen LogP contribution in [-0.2, 0) is 29.1 Å². The maximum absolute atomic E-state index is 12.5. The number of carbonyl (C=O) groups is 1. The van der Waals surface area contributed by atoms with Gasteiger partial charge in [0.25, 0.3) is 0 Å². The fourth-order valence-electron chi connectivity index (χ4n) is 3.53. The number of thioether (sulfide) groups is 1. The predicted molar refractivity (Wildman–Crippen MR) is 124 cm³/mol. The van der Waals surface area contributed by atoms with Crippen LogP contribution in [0.2, 0.25) is 0 Å². The van der Waals surface area contributed by atoms with Crippen LogP contribution in [0, 0.1) is 6.92 Å². The van der Waals surface area contributed by atoms with Crippen molar-refractivity contribution in [3.05, 3.63) is 77.0 Å². The van der Waals surface area contributed by atoms with Crippen LogP contribution < -0.4 is 5.32 Å². The molecule has 160 valence electrons. The van der Waals surface area contributed by atoms with Crippen LogP contribution >= 0.6 is 11.8 Å². The predicted octanol–water partition coefficient (Wildman–Crippen LogP) is 4.71. The molecular weight excluding hydrogens is 406 g/mol. The lowest BCUT2D eigenvalue weighted by molar-refractivity contribution is -0.118. The summed E-state index contributed by atoms with van der Waals surface area (Å²) in [5.41, 5.74) is 4.98. The quantitative estimate of drug-likeness (QED) is 0.450. The molecule has 3 aromatic rings. The summed E-state index contributed by atoms with van der Waals surface area (Å²) in [4.78, 5) is 22.2. The van der Waals surface area contributed by atoms with Gasteiger partial charge in [0.05, 0.1) is 23.7 Å². The van der Waals surface area contributed by atoms with E-state index in [1.807, 2.05) is 42.5 Å². The average Bonchev–Trinajstić information content (AvgIpc) is 2.75. The second kappa shape index (κ2) is 9.20. The molecule has 6 heteroatoms. The number of hydrogen-bond acceptors (Lipinski definition) is 5. The third-order valence-electron chi connectivity index (χ3n) is 5.20. The second-order valence-corrected chi connectivity index (χ2v) is 9.39. The highest BCUT2D eigenvalue weighted by atomic mass is 32.2. The number of aromatic nitrogens is 2. The lowest BCUT2D eigenvalue weighted by Crippen LogP contribution is -2.33. The molecule has 0 unspecified atom stereocenters. The Bertz CT molecular complexity index is 1080. The van der Waals surface area contributed by atoms with Crippen molar-refractivity contribution in [2.75, 3.05) is 5.75 Å². The first-order valence-corrected chi connectivity index (χ1v) is 11.4. The van der Waals surface area contributed by atoms with Crippen LogP contribution in [-0.4, -0.2) is 27.2 Å². The number of fused-ring (bicyclic) bond motifs is 1. The molecule has 5 nitrogen and oxygen atoms in total. The van der Waals surface area contributed by atoms with Crippen molar-refractivity contribution in [2.24, 2.45) is 0 Å². The molecule has 0 saturated carbocycles. The van der Waals surface area contributed by atoms with Gasteiger partial charge in [0.1, 0.15) is 5.03 Å². The Morgan fingerprint density at radius 2 is 1.94 bits per heavy atom. The number of aryl methyl sites for hydroxylation is 1. The van der Waals surface area contributed by atoms with Crippen molar-refractivity contribution in [3.8, 4) is 11.4 Å². The number of rotatable bonds is 6. The summed E-state index contributed by atoms with van der Waals surface area (Å²) in [6, 6.07) is 18.1. The fraction of sp³-hybridized carbons (Fsp3) is 0.320. The number of ether oxygens (including phenoxy) is 1. The highest BCUT2D eigenvalue weighted by Gasteiger charge is 2.30. The summed E-state index contributed by atoms with van der Waals surface area (Å²) in [6.45, 7) is 7.20. The standard InChI is InChI=1S/C25H27N3O2S/c1-17-8-7-11-19(12-17)23-27-21-13-25(2,3)30-15-20(21)24(28-23)31-16-22(29)26-14-18-9-5-4-6-10-18/h4-12H,13-16H2,1-3H3,(H,26,29). The van der Waals surface area contributed by atoms with Gasteiger partial charge in [0, 0.05) is 24.1 Å². The number of benzene rings is 2. The molecule has 0 aliphatic carbocycles. The number of hydrogen-bond donors (Lipinski definition) is 1. The zero-order chi connectivity index (χ0) is 21.8. The SMILES string of the molecule is Cc1cccc(-c2nc3c(c(SCC(=O)NCc4ccccc4)n2)COC(C)(C)C3)c1. The monoisotopic (exact) mass is 433 g/mol. The van der Waals surface area contributed by atoms with E-state index in [1.165, 1.54) is 11.8 Å². The summed E-state index contributed by atoms with van der Waals surface area (Å²) < 4.78 is 6.02. The van der Waals surface area contributed by atoms with Gasteiger partial charge < -0.3 is 10.1 Å². The number of nitrogens with one attached hydrogen (secondary N) is 1. The van der Waals surface area contributed by atoms with Crippen LogP contribution in [0.15, 0.2) is 59.6 Å². The number of nitrogens with zero attached hydrogens (tertiary/aromatic N) is 2. The van der Waals surface area contributed by atoms with E-state index in [0.717, 1.165) is 39.4 Å². The highest BCUT2D eigenvalue weighted by molar-refractivity contribution is 7.99. The molecule has 0 saturated heterocycles. The van der Waals surface area contributed by atoms with E-state index >= 15 is 0 Å². The smallest absolute Gasteiger partial charge is 0.230 e. The molecule has 0 atom stereocenters. The van der Waals surface area contributed by atoms with Gasteiger partial charge in [-0.15, -0.1) is 0 Å². The fourth-order valence-corrected chi connectivity index (χ4v) is 4.41. The van der Waals surface area contributed by atoms with Gasteiger partial charge in [-0.25, -0.2) is 9.97 Å². The summed E-state index contributed by atoms with van der Waals surface area (Å²) >= 11 is 1.45. The maximum Gasteiger partial charge on any atom is 0.230 e. The zero-order valence-electron chi connectivity index (χ0n) is 18.1. The number of carbonyl (C=O) groups excluding carboxylic acids is 1. The van der Waals surface area contributed by atoms with Gasteiger partial charge in [-0.2, -0.15) is 0 Å². The lowest BCUT2D eigenvalue weighted by atomic mass is 9.96. The average molecular weight is 434 g/mol. The molecule has 1 aromatic heterocycles. The minimum atomic E-state index is -0.264. The lowest BCUT2D eigenvalue weighted by Gasteiger charge is -2.32. The third kappa shape index (κ3) is 5.51. The minimum absolute atomic E-state index is 0.0182. The molecule has 1 N–H and O–H groups in total. The van der Waals surface area contributed by atoms with E-state index in [0.29, 0.717) is 24.7 Å². The van der Waals surface area contributed by atoms with Crippen LogP contribution in [0.4, 0.5) is 0 Å². The van der Waals surface area contributed by atoms with Gasteiger partial charge >= 0.3 is 0 Å². The van der Waals surface area contributed by atoms with Crippen LogP contribution in [0.3, 0.4) is 0 Å². The Kier molecular flexibility index (Phi) is 6.39. The molecule has 0 spiro atoms. The number of amides is 1. The van der Waals surface area contributed by atoms with E-state index < -0.39 is 0 Å². The normalized spacial score (nSPS) is 14.7. The van der Waals surface area contributed by atoms with E-state index in [4.69, 9.17) is 14.7 Å². The Morgan fingerprint density at radius 3 is 2.71 bits per heavy atom. The molecule has 0 fully saturated rings. The summed E-state index contributed by atoms with van der Waals surface area (Å²) in [5.74, 6) is 0.982. The molecule has 4 rings (SSSR count). The zero-order valence-corrected chi connectivity index (χ0v) is 19.0. The van der Waals surface area contributed by atoms with Crippen molar-refractivity contribution in [1.29, 1.82) is 0 Å². The Labute approximate surface area is 187 Å². The van der Waals surface area contributed by atoms with E-state index in [2.05, 4.69) is 38.2 Å². The maximum atomic E-state index is 12.5. The minimum Gasteiger partial charge on any atom is -0.370 e. The summed E-state index contributed by atoms with van der Waals surface area (Å²) in [6.07, 6.45) is 0.720. The molecule has 1 aliphatic rings. The molecule has 1 aliphatic heterocycles. The molecule has 2 aromatic carbocycles. The molecule has 31 heavy (non-hydrogen) atoms. The summed E-state index contributed by atoms with van der Waals surface area (Å²) in [7, 11) is 0. The first-order chi connectivity index (χ1) is 14.9. The van der Waals surface area contributed by atoms with Crippen LogP contribution in [0.25, 0.3) is 11.4 Å². The van der Waals surface area contributed by atoms with Gasteiger partial charge in [0.2, 0.25) is 5.91 Å². The van der Waals surface area contributed by atoms with Crippen molar-refractivity contribution < 1.29 is 9.53 Å². The molecule has 2 heterocycles. The van der Waals surface area contributed by atoms with E-state index in [-0.39, 0.29) is 11.5 Å². The Morgan fingerprint density at radius 1 is 1.13 bits per heavy atom. The molecular formula is C25H27N3O2S. The second-order valence-electron chi connectivity index (χ2n) is 8.42. The van der Waals surface area contributed by atoms with Gasteiger partial charge in [-0.3, -0.25) is 4.79 Å². The van der Waals surface area contributed by atoms with Crippen molar-refractivity contribution >= 4 is 17.7 Å². The first kappa shape index (κ1) is 21.5. The molecule has 1 amide bonds. The Balaban J connectivity index is 1.54. The molecule has 0 bridgehead atoms. The van der Waals surface area contributed by atoms with E-state index in [1.54, 1.807) is 0 Å². The Hall–Kier alpha value is -2.70. The van der Waals surface area contributed by atoms with Gasteiger partial charge in [-0.1, -0.05) is 65.9 Å².